The lowest BCUT2D eigenvalue weighted by molar-refractivity contribution is -0.141. The minimum atomic E-state index is -2.93. The van der Waals surface area contributed by atoms with Gasteiger partial charge in [-0.1, -0.05) is 163 Å². The van der Waals surface area contributed by atoms with Gasteiger partial charge in [0.05, 0.1) is 0 Å². The summed E-state index contributed by atoms with van der Waals surface area (Å²) in [6.07, 6.45) is 1.34. The van der Waals surface area contributed by atoms with Crippen molar-refractivity contribution in [2.24, 2.45) is 5.92 Å². The lowest BCUT2D eigenvalue weighted by atomic mass is 9.91. The van der Waals surface area contributed by atoms with E-state index in [1.54, 1.807) is 12.1 Å². The first-order valence-corrected chi connectivity index (χ1v) is 19.1. The van der Waals surface area contributed by atoms with Crippen molar-refractivity contribution in [3.8, 4) is 0 Å². The molecule has 0 heterocycles. The summed E-state index contributed by atoms with van der Waals surface area (Å²) < 4.78 is 6.89. The number of nitrogens with one attached hydrogen (secondary N) is 1. The highest BCUT2D eigenvalue weighted by Gasteiger charge is 2.58. The molecule has 0 aliphatic heterocycles. The molecule has 0 bridgehead atoms. The number of Topliss-reactive ketones (excluding diaryl/α,β-unsaturated/α-hetero) is 1. The summed E-state index contributed by atoms with van der Waals surface area (Å²) in [4.78, 5) is 41.9. The van der Waals surface area contributed by atoms with Gasteiger partial charge in [0.1, 0.15) is 6.04 Å². The predicted molar refractivity (Wildman–Crippen MR) is 197 cm³/mol. The van der Waals surface area contributed by atoms with Crippen LogP contribution in [-0.2, 0) is 32.9 Å². The van der Waals surface area contributed by atoms with Crippen LogP contribution in [0.25, 0.3) is 0 Å². The Kier molecular flexibility index (Phi) is 12.3. The molecule has 0 fully saturated rings. The van der Waals surface area contributed by atoms with Gasteiger partial charge < -0.3 is 9.74 Å². The van der Waals surface area contributed by atoms with Crippen LogP contribution in [0, 0.1) is 5.92 Å². The minimum Gasteiger partial charge on any atom is -0.516 e. The second-order valence-corrected chi connectivity index (χ2v) is 20.1. The Balaban J connectivity index is 1.65. The first kappa shape index (κ1) is 36.5. The highest BCUT2D eigenvalue weighted by Crippen LogP contribution is 2.53. The lowest BCUT2D eigenvalue weighted by Crippen LogP contribution is -2.60. The van der Waals surface area contributed by atoms with E-state index in [9.17, 15) is 14.4 Å². The monoisotopic (exact) mass is 661 g/mol. The summed E-state index contributed by atoms with van der Waals surface area (Å²) in [6.45, 7) is 13.0. The zero-order valence-corrected chi connectivity index (χ0v) is 30.4. The van der Waals surface area contributed by atoms with E-state index >= 15 is 0 Å². The van der Waals surface area contributed by atoms with Crippen molar-refractivity contribution in [3.63, 3.8) is 0 Å². The number of carbonyl (C=O) groups excluding carboxylic acids is 3. The molecule has 2 atom stereocenters. The first-order valence-electron chi connectivity index (χ1n) is 17.0. The van der Waals surface area contributed by atoms with Crippen LogP contribution < -0.4 is 5.32 Å². The van der Waals surface area contributed by atoms with E-state index in [1.165, 1.54) is 0 Å². The van der Waals surface area contributed by atoms with Crippen molar-refractivity contribution in [1.29, 1.82) is 0 Å². The van der Waals surface area contributed by atoms with E-state index in [2.05, 4.69) is 59.0 Å². The molecule has 0 radical (unpaired) electrons. The van der Waals surface area contributed by atoms with E-state index in [4.69, 9.17) is 4.43 Å². The van der Waals surface area contributed by atoms with E-state index < -0.39 is 26.2 Å². The third-order valence-corrected chi connectivity index (χ3v) is 15.7. The van der Waals surface area contributed by atoms with Crippen molar-refractivity contribution in [2.45, 2.75) is 89.4 Å². The maximum Gasteiger partial charge on any atom is 0.315 e. The summed E-state index contributed by atoms with van der Waals surface area (Å²) in [5.41, 5.74) is 3.70. The van der Waals surface area contributed by atoms with Gasteiger partial charge in [-0.3, -0.25) is 14.4 Å². The third-order valence-electron chi connectivity index (χ3n) is 9.39. The second kappa shape index (κ2) is 16.2. The molecule has 0 aliphatic carbocycles. The fraction of sp³-hybridized carbons (Fsp3) is 0.357. The Bertz CT molecular complexity index is 1600. The van der Waals surface area contributed by atoms with Gasteiger partial charge in [-0.15, -0.1) is 0 Å². The third kappa shape index (κ3) is 9.63. The predicted octanol–water partition coefficient (Wildman–Crippen LogP) is 9.11. The van der Waals surface area contributed by atoms with Crippen molar-refractivity contribution >= 4 is 26.0 Å². The Morgan fingerprint density at radius 3 is 1.54 bits per heavy atom. The maximum atomic E-state index is 14.6. The Hall–Kier alpha value is -4.29. The van der Waals surface area contributed by atoms with Gasteiger partial charge in [-0.05, 0) is 39.6 Å². The molecule has 252 valence electrons. The standard InChI is InChI=1S/C42H51NO4Si/c1-41(2,3)48(42(4,5)6,31-34-23-15-9-16-24-34)47-40(46)37(30-33-21-13-8-14-22-33)43-39(45)36(29-32-19-11-7-12-20-32)27-28-38(44)35-25-17-10-18-26-35/h7-26,36-37H,27-31H2,1-6H3,(H,43,45)/t36-,37-/m0/s1. The van der Waals surface area contributed by atoms with Crippen molar-refractivity contribution in [1.82, 2.24) is 5.32 Å². The van der Waals surface area contributed by atoms with Gasteiger partial charge in [0, 0.05) is 30.4 Å². The van der Waals surface area contributed by atoms with Crippen molar-refractivity contribution in [3.05, 3.63) is 144 Å². The van der Waals surface area contributed by atoms with Gasteiger partial charge in [-0.2, -0.15) is 0 Å². The van der Waals surface area contributed by atoms with E-state index in [-0.39, 0.29) is 28.2 Å². The largest absolute Gasteiger partial charge is 0.516 e. The fourth-order valence-corrected chi connectivity index (χ4v) is 12.0. The highest BCUT2D eigenvalue weighted by molar-refractivity contribution is 6.80. The molecule has 4 aromatic carbocycles. The smallest absolute Gasteiger partial charge is 0.315 e. The summed E-state index contributed by atoms with van der Waals surface area (Å²) in [5, 5.41) is 2.54. The molecule has 5 nitrogen and oxygen atoms in total. The Labute approximate surface area is 288 Å². The van der Waals surface area contributed by atoms with E-state index in [1.807, 2.05) is 97.1 Å². The zero-order chi connectivity index (χ0) is 34.8. The molecule has 0 saturated heterocycles. The molecule has 0 saturated carbocycles. The molecule has 48 heavy (non-hydrogen) atoms. The Morgan fingerprint density at radius 2 is 1.06 bits per heavy atom. The number of rotatable bonds is 14. The molecule has 4 rings (SSSR count). The zero-order valence-electron chi connectivity index (χ0n) is 29.4. The van der Waals surface area contributed by atoms with Gasteiger partial charge in [0.2, 0.25) is 5.91 Å². The van der Waals surface area contributed by atoms with Crippen molar-refractivity contribution in [2.75, 3.05) is 0 Å². The minimum absolute atomic E-state index is 0.00578. The molecule has 0 aromatic heterocycles. The molecule has 0 unspecified atom stereocenters. The normalized spacial score (nSPS) is 13.3. The lowest BCUT2D eigenvalue weighted by Gasteiger charge is -2.50. The SMILES string of the molecule is CC(C)(C)[Si](Cc1ccccc1)(OC(=O)[C@H](Cc1ccccc1)NC(=O)[C@@H](CCC(=O)c1ccccc1)Cc1ccccc1)C(C)(C)C. The van der Waals surface area contributed by atoms with Crippen LogP contribution in [0.15, 0.2) is 121 Å². The van der Waals surface area contributed by atoms with Crippen LogP contribution >= 0.6 is 0 Å². The van der Waals surface area contributed by atoms with Gasteiger partial charge in [0.15, 0.2) is 5.78 Å². The topological polar surface area (TPSA) is 72.5 Å². The number of carbonyl (C=O) groups is 3. The highest BCUT2D eigenvalue weighted by atomic mass is 28.4. The summed E-state index contributed by atoms with van der Waals surface area (Å²) in [5.74, 6) is -1.17. The molecular formula is C42H51NO4Si. The average molecular weight is 662 g/mol. The Morgan fingerprint density at radius 1 is 0.625 bits per heavy atom. The molecule has 4 aromatic rings. The summed E-state index contributed by atoms with van der Waals surface area (Å²) >= 11 is 0. The number of amides is 1. The number of hydrogen-bond donors (Lipinski definition) is 1. The fourth-order valence-electron chi connectivity index (χ4n) is 6.75. The van der Waals surface area contributed by atoms with Crippen LogP contribution in [0.3, 0.4) is 0 Å². The van der Waals surface area contributed by atoms with Crippen LogP contribution in [0.4, 0.5) is 0 Å². The van der Waals surface area contributed by atoms with Crippen molar-refractivity contribution < 1.29 is 18.8 Å². The number of ketones is 1. The van der Waals surface area contributed by atoms with E-state index in [0.29, 0.717) is 30.9 Å². The van der Waals surface area contributed by atoms with Crippen LogP contribution in [0.2, 0.25) is 10.1 Å². The molecule has 1 N–H and O–H groups in total. The molecular weight excluding hydrogens is 611 g/mol. The van der Waals surface area contributed by atoms with Crippen LogP contribution in [-0.4, -0.2) is 32.0 Å². The quantitative estimate of drug-likeness (QED) is 0.108. The summed E-state index contributed by atoms with van der Waals surface area (Å²) in [6, 6.07) is 38.8. The van der Waals surface area contributed by atoms with Gasteiger partial charge >= 0.3 is 5.97 Å². The van der Waals surface area contributed by atoms with E-state index in [0.717, 1.165) is 16.7 Å². The average Bonchev–Trinajstić information content (AvgIpc) is 3.06. The number of hydrogen-bond acceptors (Lipinski definition) is 4. The first-order chi connectivity index (χ1) is 22.8. The number of benzene rings is 4. The second-order valence-electron chi connectivity index (χ2n) is 14.9. The molecule has 6 heteroatoms. The molecule has 1 amide bonds. The maximum absolute atomic E-state index is 14.6. The molecule has 0 spiro atoms. The summed E-state index contributed by atoms with van der Waals surface area (Å²) in [7, 11) is -2.93. The van der Waals surface area contributed by atoms with Gasteiger partial charge in [0.25, 0.3) is 8.32 Å². The molecule has 0 aliphatic rings. The van der Waals surface area contributed by atoms with Crippen LogP contribution in [0.1, 0.15) is 81.4 Å². The van der Waals surface area contributed by atoms with Gasteiger partial charge in [-0.25, -0.2) is 0 Å². The van der Waals surface area contributed by atoms with Crippen LogP contribution in [0.5, 0.6) is 0 Å².